The second-order valence-electron chi connectivity index (χ2n) is 4.84. The zero-order valence-electron chi connectivity index (χ0n) is 11.4. The molecule has 0 saturated heterocycles. The van der Waals surface area contributed by atoms with Crippen LogP contribution in [0.4, 0.5) is 0 Å². The van der Waals surface area contributed by atoms with E-state index >= 15 is 0 Å². The van der Waals surface area contributed by atoms with Gasteiger partial charge in [-0.2, -0.15) is 0 Å². The summed E-state index contributed by atoms with van der Waals surface area (Å²) in [7, 11) is 1.35. The summed E-state index contributed by atoms with van der Waals surface area (Å²) >= 11 is 5.92. The molecule has 0 radical (unpaired) electrons. The average Bonchev–Trinajstić information content (AvgIpc) is 2.30. The first-order chi connectivity index (χ1) is 9.12. The van der Waals surface area contributed by atoms with Gasteiger partial charge in [0.05, 0.1) is 17.1 Å². The first kappa shape index (κ1) is 17.3. The Morgan fingerprint density at radius 2 is 1.95 bits per heavy atom. The second kappa shape index (κ2) is 6.78. The van der Waals surface area contributed by atoms with Gasteiger partial charge in [0.1, 0.15) is 0 Å². The van der Waals surface area contributed by atoms with E-state index in [1.807, 2.05) is 13.8 Å². The van der Waals surface area contributed by atoms with E-state index in [1.165, 1.54) is 19.1 Å². The molecule has 20 heavy (non-hydrogen) atoms. The number of halogens is 2. The van der Waals surface area contributed by atoms with Crippen molar-refractivity contribution in [1.82, 2.24) is 0 Å². The summed E-state index contributed by atoms with van der Waals surface area (Å²) in [4.78, 5) is 11.7. The Kier molecular flexibility index (Phi) is 5.86. The highest BCUT2D eigenvalue weighted by Crippen LogP contribution is 2.28. The Morgan fingerprint density at radius 3 is 2.45 bits per heavy atom. The highest BCUT2D eigenvalue weighted by atomic mass is 35.7. The minimum absolute atomic E-state index is 0.0728. The molecule has 0 aliphatic heterocycles. The maximum atomic E-state index is 11.9. The van der Waals surface area contributed by atoms with Crippen LogP contribution in [0.3, 0.4) is 0 Å². The lowest BCUT2D eigenvalue weighted by Crippen LogP contribution is -2.09. The van der Waals surface area contributed by atoms with Crippen molar-refractivity contribution < 1.29 is 17.9 Å². The van der Waals surface area contributed by atoms with Gasteiger partial charge in [0, 0.05) is 15.7 Å². The van der Waals surface area contributed by atoms with Gasteiger partial charge in [0.15, 0.2) is 0 Å². The molecule has 0 saturated carbocycles. The smallest absolute Gasteiger partial charge is 0.338 e. The summed E-state index contributed by atoms with van der Waals surface area (Å²) in [5.74, 6) is -0.211. The topological polar surface area (TPSA) is 60.4 Å². The third kappa shape index (κ3) is 4.65. The number of rotatable bonds is 5. The molecule has 112 valence electrons. The van der Waals surface area contributed by atoms with E-state index in [9.17, 15) is 13.2 Å². The predicted octanol–water partition coefficient (Wildman–Crippen LogP) is 3.78. The fraction of sp³-hybridized carbons (Fsp3) is 0.462. The molecule has 4 nitrogen and oxygen atoms in total. The number of ether oxygens (including phenoxy) is 1. The summed E-state index contributed by atoms with van der Waals surface area (Å²) < 4.78 is 27.9. The molecule has 0 unspecified atom stereocenters. The van der Waals surface area contributed by atoms with Crippen molar-refractivity contribution in [2.45, 2.75) is 32.1 Å². The van der Waals surface area contributed by atoms with E-state index < -0.39 is 15.0 Å². The van der Waals surface area contributed by atoms with Crippen molar-refractivity contribution in [2.24, 2.45) is 5.92 Å². The lowest BCUT2D eigenvalue weighted by Gasteiger charge is -2.10. The molecule has 1 aromatic carbocycles. The Bertz CT molecular complexity index is 609. The lowest BCUT2D eigenvalue weighted by atomic mass is 10.1. The molecular weight excluding hydrogens is 323 g/mol. The first-order valence-corrected chi connectivity index (χ1v) is 8.73. The van der Waals surface area contributed by atoms with Crippen molar-refractivity contribution in [1.29, 1.82) is 0 Å². The van der Waals surface area contributed by atoms with Crippen molar-refractivity contribution in [3.05, 3.63) is 28.3 Å². The second-order valence-corrected chi connectivity index (χ2v) is 7.78. The van der Waals surface area contributed by atoms with E-state index in [4.69, 9.17) is 27.0 Å². The van der Waals surface area contributed by atoms with E-state index in [0.717, 1.165) is 6.42 Å². The van der Waals surface area contributed by atoms with Crippen molar-refractivity contribution in [3.63, 3.8) is 0 Å². The van der Waals surface area contributed by atoms with Gasteiger partial charge >= 0.3 is 5.97 Å². The number of benzene rings is 1. The summed E-state index contributed by atoms with van der Waals surface area (Å²) in [5.41, 5.74) is 0.379. The quantitative estimate of drug-likeness (QED) is 0.605. The zero-order valence-corrected chi connectivity index (χ0v) is 13.8. The van der Waals surface area contributed by atoms with Crippen LogP contribution in [0.2, 0.25) is 5.02 Å². The molecule has 0 heterocycles. The predicted molar refractivity (Wildman–Crippen MR) is 79.0 cm³/mol. The zero-order chi connectivity index (χ0) is 15.5. The maximum Gasteiger partial charge on any atom is 0.338 e. The molecule has 1 aromatic rings. The summed E-state index contributed by atoms with van der Waals surface area (Å²) in [6.07, 6.45) is 0.728. The van der Waals surface area contributed by atoms with Crippen molar-refractivity contribution >= 4 is 37.3 Å². The number of carbonyl (C=O) groups excluding carboxylic acids is 1. The highest BCUT2D eigenvalue weighted by Gasteiger charge is 2.20. The monoisotopic (exact) mass is 338 g/mol. The molecular formula is C13H16Cl2O4S. The van der Waals surface area contributed by atoms with Gasteiger partial charge in [-0.3, -0.25) is 0 Å². The minimum atomic E-state index is -3.97. The van der Waals surface area contributed by atoms with Gasteiger partial charge in [-0.05, 0) is 37.0 Å². The van der Waals surface area contributed by atoms with Crippen LogP contribution in [0.5, 0.6) is 0 Å². The molecule has 0 fully saturated rings. The molecule has 0 spiro atoms. The molecule has 7 heteroatoms. The number of carbonyl (C=O) groups is 1. The Labute approximate surface area is 128 Å². The highest BCUT2D eigenvalue weighted by molar-refractivity contribution is 8.13. The van der Waals surface area contributed by atoms with Gasteiger partial charge in [-0.15, -0.1) is 0 Å². The van der Waals surface area contributed by atoms with Gasteiger partial charge < -0.3 is 4.74 Å². The van der Waals surface area contributed by atoms with Crippen LogP contribution >= 0.6 is 22.3 Å². The van der Waals surface area contributed by atoms with E-state index in [-0.39, 0.29) is 22.1 Å². The maximum absolute atomic E-state index is 11.9. The molecule has 0 N–H and O–H groups in total. The molecule has 0 amide bonds. The van der Waals surface area contributed by atoms with Crippen molar-refractivity contribution in [2.75, 3.05) is 6.61 Å². The molecule has 1 rings (SSSR count). The first-order valence-electron chi connectivity index (χ1n) is 6.05. The summed E-state index contributed by atoms with van der Waals surface area (Å²) in [5, 5.41) is 0.155. The van der Waals surface area contributed by atoms with Gasteiger partial charge in [0.25, 0.3) is 9.05 Å². The SMILES string of the molecule is Cc1c(Cl)cc(C(=O)OCCC(C)C)cc1S(=O)(=O)Cl. The Balaban J connectivity index is 3.03. The van der Waals surface area contributed by atoms with Crippen LogP contribution in [0, 0.1) is 12.8 Å². The Morgan fingerprint density at radius 1 is 1.35 bits per heavy atom. The normalized spacial score (nSPS) is 11.7. The van der Waals surface area contributed by atoms with Crippen LogP contribution in [0.1, 0.15) is 36.2 Å². The standard InChI is InChI=1S/C13H16Cl2O4S/c1-8(2)4-5-19-13(16)10-6-11(14)9(3)12(7-10)20(15,17)18/h6-8H,4-5H2,1-3H3. The fourth-order valence-electron chi connectivity index (χ4n) is 1.50. The average molecular weight is 339 g/mol. The van der Waals surface area contributed by atoms with Crippen LogP contribution in [-0.2, 0) is 13.8 Å². The molecule has 0 aliphatic rings. The van der Waals surface area contributed by atoms with Crippen LogP contribution < -0.4 is 0 Å². The fourth-order valence-corrected chi connectivity index (χ4v) is 2.99. The van der Waals surface area contributed by atoms with Gasteiger partial charge in [-0.25, -0.2) is 13.2 Å². The lowest BCUT2D eigenvalue weighted by molar-refractivity contribution is 0.0488. The van der Waals surface area contributed by atoms with E-state index in [0.29, 0.717) is 11.5 Å². The van der Waals surface area contributed by atoms with Gasteiger partial charge in [-0.1, -0.05) is 25.4 Å². The summed E-state index contributed by atoms with van der Waals surface area (Å²) in [6.45, 7) is 5.81. The molecule has 0 atom stereocenters. The molecule has 0 bridgehead atoms. The molecule has 0 aliphatic carbocycles. The van der Waals surface area contributed by atoms with Crippen LogP contribution in [-0.4, -0.2) is 21.0 Å². The number of hydrogen-bond acceptors (Lipinski definition) is 4. The minimum Gasteiger partial charge on any atom is -0.462 e. The Hall–Kier alpha value is -0.780. The van der Waals surface area contributed by atoms with Crippen LogP contribution in [0.15, 0.2) is 17.0 Å². The van der Waals surface area contributed by atoms with Crippen molar-refractivity contribution in [3.8, 4) is 0 Å². The largest absolute Gasteiger partial charge is 0.462 e. The number of esters is 1. The van der Waals surface area contributed by atoms with E-state index in [1.54, 1.807) is 0 Å². The third-order valence-corrected chi connectivity index (χ3v) is 4.56. The summed E-state index contributed by atoms with van der Waals surface area (Å²) in [6, 6.07) is 2.56. The van der Waals surface area contributed by atoms with Gasteiger partial charge in [0.2, 0.25) is 0 Å². The molecule has 0 aromatic heterocycles. The third-order valence-electron chi connectivity index (χ3n) is 2.72. The van der Waals surface area contributed by atoms with E-state index in [2.05, 4.69) is 0 Å². The number of hydrogen-bond donors (Lipinski definition) is 0. The van der Waals surface area contributed by atoms with Crippen LogP contribution in [0.25, 0.3) is 0 Å².